The molecule has 5 nitrogen and oxygen atoms in total. The second kappa shape index (κ2) is 6.29. The molecule has 0 bridgehead atoms. The van der Waals surface area contributed by atoms with Crippen molar-refractivity contribution < 1.29 is 23.8 Å². The van der Waals surface area contributed by atoms with E-state index < -0.39 is 34.8 Å². The van der Waals surface area contributed by atoms with Crippen LogP contribution >= 0.6 is 0 Å². The molecule has 1 aromatic rings. The number of aliphatic carboxylic acids is 1. The molecule has 2 rings (SSSR count). The van der Waals surface area contributed by atoms with Crippen LogP contribution in [0.5, 0.6) is 0 Å². The van der Waals surface area contributed by atoms with Crippen molar-refractivity contribution in [1.82, 2.24) is 0 Å². The first-order valence-electron chi connectivity index (χ1n) is 8.77. The molecule has 1 heterocycles. The van der Waals surface area contributed by atoms with Gasteiger partial charge in [-0.2, -0.15) is 0 Å². The van der Waals surface area contributed by atoms with Crippen molar-refractivity contribution in [3.63, 3.8) is 0 Å². The second-order valence-corrected chi connectivity index (χ2v) is 9.34. The summed E-state index contributed by atoms with van der Waals surface area (Å²) in [5, 5.41) is 9.66. The van der Waals surface area contributed by atoms with Crippen LogP contribution in [0.15, 0.2) is 18.2 Å². The van der Waals surface area contributed by atoms with Crippen LogP contribution < -0.4 is 5.73 Å². The van der Waals surface area contributed by atoms with Crippen molar-refractivity contribution in [3.05, 3.63) is 35.1 Å². The molecule has 3 N–H and O–H groups in total. The molecular weight excluding hydrogens is 337 g/mol. The first-order chi connectivity index (χ1) is 11.6. The Morgan fingerprint density at radius 1 is 1.19 bits per heavy atom. The summed E-state index contributed by atoms with van der Waals surface area (Å²) in [7, 11) is 0. The molecule has 0 saturated carbocycles. The van der Waals surface area contributed by atoms with E-state index in [0.29, 0.717) is 0 Å². The molecule has 0 radical (unpaired) electrons. The summed E-state index contributed by atoms with van der Waals surface area (Å²) in [6, 6.07) is 4.23. The molecule has 0 spiro atoms. The summed E-state index contributed by atoms with van der Waals surface area (Å²) in [4.78, 5) is 11.8. The Morgan fingerprint density at radius 2 is 1.69 bits per heavy atom. The summed E-state index contributed by atoms with van der Waals surface area (Å²) in [6.45, 7) is 13.2. The number of ether oxygens (including phenoxy) is 2. The van der Waals surface area contributed by atoms with Gasteiger partial charge < -0.3 is 20.3 Å². The van der Waals surface area contributed by atoms with Gasteiger partial charge in [-0.15, -0.1) is 0 Å². The molecule has 26 heavy (non-hydrogen) atoms. The summed E-state index contributed by atoms with van der Waals surface area (Å²) >= 11 is 0. The molecule has 0 amide bonds. The predicted molar refractivity (Wildman–Crippen MR) is 97.0 cm³/mol. The monoisotopic (exact) mass is 367 g/mol. The van der Waals surface area contributed by atoms with Gasteiger partial charge in [0.05, 0.1) is 11.2 Å². The summed E-state index contributed by atoms with van der Waals surface area (Å²) in [5.74, 6) is -1.78. The zero-order chi connectivity index (χ0) is 20.1. The quantitative estimate of drug-likeness (QED) is 0.837. The van der Waals surface area contributed by atoms with Crippen molar-refractivity contribution in [1.29, 1.82) is 0 Å². The normalized spacial score (nSPS) is 22.2. The van der Waals surface area contributed by atoms with Gasteiger partial charge in [-0.25, -0.2) is 9.18 Å². The average Bonchev–Trinajstić information content (AvgIpc) is 2.64. The molecule has 1 aliphatic rings. The second-order valence-electron chi connectivity index (χ2n) is 9.34. The number of carboxylic acids is 1. The van der Waals surface area contributed by atoms with Gasteiger partial charge in [-0.05, 0) is 51.2 Å². The zero-order valence-electron chi connectivity index (χ0n) is 16.6. The van der Waals surface area contributed by atoms with Gasteiger partial charge in [0.25, 0.3) is 0 Å². The number of benzene rings is 1. The van der Waals surface area contributed by atoms with Gasteiger partial charge in [-0.1, -0.05) is 32.9 Å². The zero-order valence-corrected chi connectivity index (χ0v) is 16.6. The minimum absolute atomic E-state index is 0.171. The van der Waals surface area contributed by atoms with E-state index in [9.17, 15) is 14.3 Å². The third-order valence-corrected chi connectivity index (χ3v) is 5.21. The van der Waals surface area contributed by atoms with E-state index >= 15 is 0 Å². The Hall–Kier alpha value is -1.50. The van der Waals surface area contributed by atoms with Gasteiger partial charge in [0, 0.05) is 5.56 Å². The minimum Gasteiger partial charge on any atom is -0.480 e. The van der Waals surface area contributed by atoms with Crippen LogP contribution in [0.1, 0.15) is 72.3 Å². The standard InChI is InChI=1S/C20H30FNO4/c1-17(2,3)11-20(22,16(23)24)12-8-9-13(14(21)10-12)15-25-18(4,5)19(6,7)26-15/h8-10,15H,11,22H2,1-7H3,(H,23,24)/t20-/m1/s1. The lowest BCUT2D eigenvalue weighted by Gasteiger charge is -2.32. The lowest BCUT2D eigenvalue weighted by molar-refractivity contribution is -0.145. The maximum atomic E-state index is 14.8. The fraction of sp³-hybridized carbons (Fsp3) is 0.650. The summed E-state index contributed by atoms with van der Waals surface area (Å²) in [5.41, 5.74) is 3.44. The van der Waals surface area contributed by atoms with Gasteiger partial charge in [-0.3, -0.25) is 0 Å². The van der Waals surface area contributed by atoms with E-state index in [1.54, 1.807) is 6.07 Å². The number of rotatable bonds is 4. The summed E-state index contributed by atoms with van der Waals surface area (Å²) < 4.78 is 26.6. The fourth-order valence-corrected chi connectivity index (χ4v) is 3.10. The molecule has 1 saturated heterocycles. The van der Waals surface area contributed by atoms with Crippen LogP contribution in [0.2, 0.25) is 0 Å². The fourth-order valence-electron chi connectivity index (χ4n) is 3.10. The first-order valence-corrected chi connectivity index (χ1v) is 8.77. The molecule has 0 aromatic heterocycles. The molecule has 1 aliphatic heterocycles. The molecule has 1 atom stereocenters. The van der Waals surface area contributed by atoms with E-state index in [4.69, 9.17) is 15.2 Å². The number of carbonyl (C=O) groups is 1. The lowest BCUT2D eigenvalue weighted by atomic mass is 9.76. The van der Waals surface area contributed by atoms with Crippen LogP contribution in [0.4, 0.5) is 4.39 Å². The van der Waals surface area contributed by atoms with Crippen molar-refractivity contribution in [2.45, 2.75) is 77.9 Å². The third-order valence-electron chi connectivity index (χ3n) is 5.21. The van der Waals surface area contributed by atoms with E-state index in [1.165, 1.54) is 12.1 Å². The van der Waals surface area contributed by atoms with Gasteiger partial charge in [0.2, 0.25) is 0 Å². The van der Waals surface area contributed by atoms with Crippen LogP contribution in [0, 0.1) is 11.2 Å². The van der Waals surface area contributed by atoms with Crippen LogP contribution in [-0.4, -0.2) is 22.3 Å². The maximum Gasteiger partial charge on any atom is 0.328 e. The van der Waals surface area contributed by atoms with Crippen molar-refractivity contribution >= 4 is 5.97 Å². The van der Waals surface area contributed by atoms with Gasteiger partial charge >= 0.3 is 5.97 Å². The van der Waals surface area contributed by atoms with Gasteiger partial charge in [0.15, 0.2) is 6.29 Å². The molecule has 1 aromatic carbocycles. The molecule has 6 heteroatoms. The van der Waals surface area contributed by atoms with Crippen LogP contribution in [0.3, 0.4) is 0 Å². The lowest BCUT2D eigenvalue weighted by Crippen LogP contribution is -2.47. The smallest absolute Gasteiger partial charge is 0.328 e. The molecule has 146 valence electrons. The van der Waals surface area contributed by atoms with Crippen LogP contribution in [-0.2, 0) is 19.8 Å². The average molecular weight is 367 g/mol. The highest BCUT2D eigenvalue weighted by Gasteiger charge is 2.50. The Bertz CT molecular complexity index is 692. The van der Waals surface area contributed by atoms with E-state index in [-0.39, 0.29) is 23.0 Å². The SMILES string of the molecule is CC(C)(C)C[C@](N)(C(=O)O)c1ccc(C2OC(C)(C)C(C)(C)O2)c(F)c1. The Kier molecular flexibility index (Phi) is 5.03. The first kappa shape index (κ1) is 20.8. The van der Waals surface area contributed by atoms with E-state index in [0.717, 1.165) is 0 Å². The Labute approximate surface area is 154 Å². The van der Waals surface area contributed by atoms with E-state index in [1.807, 2.05) is 48.5 Å². The summed E-state index contributed by atoms with van der Waals surface area (Å²) in [6.07, 6.45) is -0.682. The van der Waals surface area contributed by atoms with Crippen molar-refractivity contribution in [3.8, 4) is 0 Å². The topological polar surface area (TPSA) is 81.8 Å². The number of nitrogens with two attached hydrogens (primary N) is 1. The molecule has 0 aliphatic carbocycles. The Balaban J connectivity index is 2.39. The van der Waals surface area contributed by atoms with Crippen LogP contribution in [0.25, 0.3) is 0 Å². The number of halogens is 1. The number of carboxylic acid groups (broad SMARTS) is 1. The third kappa shape index (κ3) is 3.77. The maximum absolute atomic E-state index is 14.8. The highest BCUT2D eigenvalue weighted by Crippen LogP contribution is 2.45. The number of hydrogen-bond acceptors (Lipinski definition) is 4. The van der Waals surface area contributed by atoms with Gasteiger partial charge in [0.1, 0.15) is 11.4 Å². The molecular formula is C20H30FNO4. The van der Waals surface area contributed by atoms with Crippen molar-refractivity contribution in [2.24, 2.45) is 11.1 Å². The Morgan fingerprint density at radius 3 is 2.08 bits per heavy atom. The minimum atomic E-state index is -1.67. The highest BCUT2D eigenvalue weighted by atomic mass is 19.1. The largest absolute Gasteiger partial charge is 0.480 e. The van der Waals surface area contributed by atoms with Crippen molar-refractivity contribution in [2.75, 3.05) is 0 Å². The predicted octanol–water partition coefficient (Wildman–Crippen LogP) is 4.10. The number of hydrogen-bond donors (Lipinski definition) is 2. The highest BCUT2D eigenvalue weighted by molar-refractivity contribution is 5.80. The molecule has 0 unspecified atom stereocenters. The van der Waals surface area contributed by atoms with E-state index in [2.05, 4.69) is 0 Å². The molecule has 1 fully saturated rings.